The van der Waals surface area contributed by atoms with E-state index in [0.29, 0.717) is 31.5 Å². The first kappa shape index (κ1) is 19.8. The predicted octanol–water partition coefficient (Wildman–Crippen LogP) is 3.01. The number of piperidine rings is 1. The third kappa shape index (κ3) is 5.06. The van der Waals surface area contributed by atoms with Crippen LogP contribution in [0.1, 0.15) is 23.2 Å². The van der Waals surface area contributed by atoms with Gasteiger partial charge in [-0.05, 0) is 49.2 Å². The summed E-state index contributed by atoms with van der Waals surface area (Å²) in [6, 6.07) is 11.6. The first-order valence-corrected chi connectivity index (χ1v) is 9.24. The van der Waals surface area contributed by atoms with Crippen LogP contribution in [0.15, 0.2) is 48.5 Å². The highest BCUT2D eigenvalue weighted by Crippen LogP contribution is 2.20. The largest absolute Gasteiger partial charge is 0.489 e. The minimum atomic E-state index is -0.438. The quantitative estimate of drug-likeness (QED) is 0.774. The van der Waals surface area contributed by atoms with Crippen LogP contribution in [-0.4, -0.2) is 43.0 Å². The number of benzene rings is 2. The van der Waals surface area contributed by atoms with E-state index in [1.807, 2.05) is 0 Å². The molecule has 0 bridgehead atoms. The predicted molar refractivity (Wildman–Crippen MR) is 99.9 cm³/mol. The van der Waals surface area contributed by atoms with Gasteiger partial charge >= 0.3 is 0 Å². The maximum atomic E-state index is 13.4. The summed E-state index contributed by atoms with van der Waals surface area (Å²) in [7, 11) is 0. The molecule has 0 radical (unpaired) electrons. The molecule has 2 aromatic carbocycles. The summed E-state index contributed by atoms with van der Waals surface area (Å²) in [6.07, 6.45) is 1.12. The van der Waals surface area contributed by atoms with Crippen LogP contribution in [0.5, 0.6) is 5.75 Å². The lowest BCUT2D eigenvalue weighted by Crippen LogP contribution is -2.43. The van der Waals surface area contributed by atoms with Gasteiger partial charge in [-0.3, -0.25) is 9.59 Å². The summed E-state index contributed by atoms with van der Waals surface area (Å²) in [5.41, 5.74) is 0.439. The van der Waals surface area contributed by atoms with Crippen molar-refractivity contribution in [2.24, 2.45) is 5.92 Å². The summed E-state index contributed by atoms with van der Waals surface area (Å²) >= 11 is 0. The SMILES string of the molecule is O=C(NCCOc1ccccc1F)C1CCN(C(=O)c2ccc(F)cc2)CC1. The molecular formula is C21H22F2N2O3. The number of carbonyl (C=O) groups is 2. The number of likely N-dealkylation sites (tertiary alicyclic amines) is 1. The molecule has 0 aliphatic carbocycles. The molecule has 1 fully saturated rings. The number of hydrogen-bond donors (Lipinski definition) is 1. The Hall–Kier alpha value is -2.96. The maximum absolute atomic E-state index is 13.4. The number of carbonyl (C=O) groups excluding carboxylic acids is 2. The van der Waals surface area contributed by atoms with Crippen molar-refractivity contribution >= 4 is 11.8 Å². The second kappa shape index (κ2) is 9.30. The summed E-state index contributed by atoms with van der Waals surface area (Å²) < 4.78 is 31.7. The second-order valence-corrected chi connectivity index (χ2v) is 6.64. The van der Waals surface area contributed by atoms with Crippen LogP contribution in [0.25, 0.3) is 0 Å². The molecular weight excluding hydrogens is 366 g/mol. The van der Waals surface area contributed by atoms with E-state index in [4.69, 9.17) is 4.74 Å². The molecule has 0 atom stereocenters. The van der Waals surface area contributed by atoms with Crippen molar-refractivity contribution in [1.82, 2.24) is 10.2 Å². The van der Waals surface area contributed by atoms with Gasteiger partial charge in [0.15, 0.2) is 11.6 Å². The Kier molecular flexibility index (Phi) is 6.57. The van der Waals surface area contributed by atoms with Crippen molar-refractivity contribution in [3.05, 3.63) is 65.7 Å². The van der Waals surface area contributed by atoms with Crippen molar-refractivity contribution in [1.29, 1.82) is 0 Å². The zero-order valence-electron chi connectivity index (χ0n) is 15.4. The summed E-state index contributed by atoms with van der Waals surface area (Å²) in [6.45, 7) is 1.40. The van der Waals surface area contributed by atoms with Crippen LogP contribution in [0, 0.1) is 17.6 Å². The number of nitrogens with zero attached hydrogens (tertiary/aromatic N) is 1. The van der Waals surface area contributed by atoms with E-state index in [0.717, 1.165) is 0 Å². The molecule has 0 aromatic heterocycles. The highest BCUT2D eigenvalue weighted by Gasteiger charge is 2.27. The van der Waals surface area contributed by atoms with Crippen LogP contribution in [0.4, 0.5) is 8.78 Å². The average molecular weight is 388 g/mol. The van der Waals surface area contributed by atoms with Gasteiger partial charge in [-0.2, -0.15) is 0 Å². The molecule has 1 aliphatic rings. The molecule has 0 spiro atoms. The number of halogens is 2. The van der Waals surface area contributed by atoms with Gasteiger partial charge in [-0.1, -0.05) is 12.1 Å². The molecule has 148 valence electrons. The third-order valence-corrected chi connectivity index (χ3v) is 4.74. The summed E-state index contributed by atoms with van der Waals surface area (Å²) in [5.74, 6) is -1.09. The number of rotatable bonds is 6. The van der Waals surface area contributed by atoms with Gasteiger partial charge in [-0.25, -0.2) is 8.78 Å². The van der Waals surface area contributed by atoms with E-state index < -0.39 is 5.82 Å². The molecule has 28 heavy (non-hydrogen) atoms. The molecule has 1 N–H and O–H groups in total. The van der Waals surface area contributed by atoms with E-state index in [1.54, 1.807) is 17.0 Å². The Bertz CT molecular complexity index is 819. The number of para-hydroxylation sites is 1. The van der Waals surface area contributed by atoms with Gasteiger partial charge in [0.1, 0.15) is 12.4 Å². The van der Waals surface area contributed by atoms with Crippen LogP contribution >= 0.6 is 0 Å². The van der Waals surface area contributed by atoms with Crippen molar-refractivity contribution in [2.75, 3.05) is 26.2 Å². The lowest BCUT2D eigenvalue weighted by atomic mass is 9.95. The maximum Gasteiger partial charge on any atom is 0.253 e. The first-order chi connectivity index (χ1) is 13.5. The summed E-state index contributed by atoms with van der Waals surface area (Å²) in [4.78, 5) is 26.4. The van der Waals surface area contributed by atoms with E-state index in [-0.39, 0.29) is 42.5 Å². The Labute approximate surface area is 162 Å². The fourth-order valence-electron chi connectivity index (χ4n) is 3.16. The van der Waals surface area contributed by atoms with E-state index in [9.17, 15) is 18.4 Å². The molecule has 1 heterocycles. The van der Waals surface area contributed by atoms with Crippen molar-refractivity contribution in [2.45, 2.75) is 12.8 Å². The lowest BCUT2D eigenvalue weighted by Gasteiger charge is -2.31. The van der Waals surface area contributed by atoms with Gasteiger partial charge in [-0.15, -0.1) is 0 Å². The topological polar surface area (TPSA) is 58.6 Å². The fraction of sp³-hybridized carbons (Fsp3) is 0.333. The molecule has 2 aromatic rings. The van der Waals surface area contributed by atoms with Gasteiger partial charge in [0, 0.05) is 24.6 Å². The minimum Gasteiger partial charge on any atom is -0.489 e. The van der Waals surface area contributed by atoms with E-state index in [1.165, 1.54) is 36.4 Å². The van der Waals surface area contributed by atoms with Crippen LogP contribution in [-0.2, 0) is 4.79 Å². The average Bonchev–Trinajstić information content (AvgIpc) is 2.72. The second-order valence-electron chi connectivity index (χ2n) is 6.64. The number of hydrogen-bond acceptors (Lipinski definition) is 3. The normalized spacial score (nSPS) is 14.6. The lowest BCUT2D eigenvalue weighted by molar-refractivity contribution is -0.126. The molecule has 2 amide bonds. The molecule has 7 heteroatoms. The number of nitrogens with one attached hydrogen (secondary N) is 1. The van der Waals surface area contributed by atoms with Gasteiger partial charge < -0.3 is 15.0 Å². The van der Waals surface area contributed by atoms with Gasteiger partial charge in [0.2, 0.25) is 5.91 Å². The Balaban J connectivity index is 1.39. The van der Waals surface area contributed by atoms with Crippen molar-refractivity contribution < 1.29 is 23.1 Å². The minimum absolute atomic E-state index is 0.0917. The summed E-state index contributed by atoms with van der Waals surface area (Å²) in [5, 5.41) is 2.79. The third-order valence-electron chi connectivity index (χ3n) is 4.74. The zero-order chi connectivity index (χ0) is 19.9. The van der Waals surface area contributed by atoms with Crippen LogP contribution < -0.4 is 10.1 Å². The van der Waals surface area contributed by atoms with Crippen LogP contribution in [0.2, 0.25) is 0 Å². The Morgan fingerprint density at radius 2 is 1.71 bits per heavy atom. The van der Waals surface area contributed by atoms with Crippen molar-refractivity contribution in [3.8, 4) is 5.75 Å². The first-order valence-electron chi connectivity index (χ1n) is 9.24. The molecule has 0 unspecified atom stereocenters. The van der Waals surface area contributed by atoms with Crippen molar-refractivity contribution in [3.63, 3.8) is 0 Å². The van der Waals surface area contributed by atoms with Crippen LogP contribution in [0.3, 0.4) is 0 Å². The van der Waals surface area contributed by atoms with Gasteiger partial charge in [0.25, 0.3) is 5.91 Å². The molecule has 3 rings (SSSR count). The highest BCUT2D eigenvalue weighted by molar-refractivity contribution is 5.94. The van der Waals surface area contributed by atoms with E-state index >= 15 is 0 Å². The van der Waals surface area contributed by atoms with E-state index in [2.05, 4.69) is 5.32 Å². The van der Waals surface area contributed by atoms with Gasteiger partial charge in [0.05, 0.1) is 6.54 Å². The molecule has 1 aliphatic heterocycles. The molecule has 0 saturated carbocycles. The Morgan fingerprint density at radius 1 is 1.04 bits per heavy atom. The Morgan fingerprint density at radius 3 is 2.39 bits per heavy atom. The smallest absolute Gasteiger partial charge is 0.253 e. The zero-order valence-corrected chi connectivity index (χ0v) is 15.4. The monoisotopic (exact) mass is 388 g/mol. The number of ether oxygens (including phenoxy) is 1. The standard InChI is InChI=1S/C21H22F2N2O3/c22-17-7-5-16(6-8-17)21(27)25-12-9-15(10-13-25)20(26)24-11-14-28-19-4-2-1-3-18(19)23/h1-8,15H,9-14H2,(H,24,26). The number of amides is 2. The highest BCUT2D eigenvalue weighted by atomic mass is 19.1. The fourth-order valence-corrected chi connectivity index (χ4v) is 3.16. The molecule has 1 saturated heterocycles. The molecule has 5 nitrogen and oxygen atoms in total.